The van der Waals surface area contributed by atoms with Gasteiger partial charge in [0.1, 0.15) is 31.0 Å². The number of cyclic esters (lactones) is 1. The number of fused-ring (bicyclic) bond motifs is 3. The maximum atomic E-state index is 14.5. The summed E-state index contributed by atoms with van der Waals surface area (Å²) in [5, 5.41) is 58.3. The average molecular weight is 1010 g/mol. The van der Waals surface area contributed by atoms with Crippen LogP contribution in [0.2, 0.25) is 0 Å². The molecule has 0 aromatic rings. The molecule has 0 aromatic carbocycles. The van der Waals surface area contributed by atoms with Crippen molar-refractivity contribution in [3.05, 3.63) is 47.6 Å². The average Bonchev–Trinajstić information content (AvgIpc) is 3.35. The highest BCUT2D eigenvalue weighted by molar-refractivity contribution is 6.39. The number of aliphatic hydroxyl groups is 4. The van der Waals surface area contributed by atoms with E-state index in [-0.39, 0.29) is 61.2 Å². The Labute approximate surface area is 422 Å². The third-order valence-corrected chi connectivity index (χ3v) is 15.1. The Bertz CT molecular complexity index is 1850. The number of Topliss-reactive ketones (excluding diaryl/α,β-unsaturated/α-hetero) is 1. The number of methoxy groups -OCH3 is 4. The fourth-order valence-corrected chi connectivity index (χ4v) is 10.6. The van der Waals surface area contributed by atoms with Crippen LogP contribution in [0.1, 0.15) is 126 Å². The molecule has 3 fully saturated rings. The zero-order valence-electron chi connectivity index (χ0n) is 44.3. The Morgan fingerprint density at radius 1 is 0.859 bits per heavy atom. The Hall–Kier alpha value is -3.65. The first-order valence-corrected chi connectivity index (χ1v) is 25.6. The van der Waals surface area contributed by atoms with E-state index in [4.69, 9.17) is 48.8 Å². The van der Waals surface area contributed by atoms with Crippen LogP contribution in [0.5, 0.6) is 0 Å². The van der Waals surface area contributed by atoms with E-state index >= 15 is 0 Å². The molecule has 17 nitrogen and oxygen atoms in total. The molecule has 2 bridgehead atoms. The van der Waals surface area contributed by atoms with Crippen LogP contribution in [0.4, 0.5) is 0 Å². The predicted molar refractivity (Wildman–Crippen MR) is 268 cm³/mol. The summed E-state index contributed by atoms with van der Waals surface area (Å²) < 4.78 is 36.0. The van der Waals surface area contributed by atoms with Crippen molar-refractivity contribution in [1.82, 2.24) is 4.90 Å². The first kappa shape index (κ1) is 61.6. The number of aliphatic hydroxyl groups excluding tert-OH is 3. The second kappa shape index (κ2) is 29.9. The number of allylic oxidation sites excluding steroid dienone is 5. The fourth-order valence-electron chi connectivity index (χ4n) is 10.6. The van der Waals surface area contributed by atoms with E-state index in [1.807, 2.05) is 65.0 Å². The highest BCUT2D eigenvalue weighted by Gasteiger charge is 2.53. The molecule has 16 atom stereocenters. The quantitative estimate of drug-likeness (QED) is 0.0908. The number of amides is 1. The summed E-state index contributed by atoms with van der Waals surface area (Å²) in [6.45, 7) is 12.9. The number of carbonyl (C=O) groups excluding carboxylic acids is 3. The number of carboxylic acids is 1. The van der Waals surface area contributed by atoms with Crippen molar-refractivity contribution in [3.8, 4) is 0 Å². The maximum absolute atomic E-state index is 14.5. The summed E-state index contributed by atoms with van der Waals surface area (Å²) in [5.74, 6) is -7.26. The molecule has 404 valence electrons. The molecule has 1 aliphatic carbocycles. The monoisotopic (exact) mass is 1000 g/mol. The molecular weight excluding hydrogens is 917 g/mol. The molecule has 4 aliphatic rings. The molecule has 1 amide bonds. The van der Waals surface area contributed by atoms with E-state index in [2.05, 4.69) is 13.0 Å². The number of aliphatic carboxylic acids is 1. The number of hydrogen-bond acceptors (Lipinski definition) is 15. The molecule has 4 rings (SSSR count). The van der Waals surface area contributed by atoms with Crippen LogP contribution in [0.25, 0.3) is 0 Å². The van der Waals surface area contributed by atoms with Crippen LogP contribution in [-0.2, 0) is 47.6 Å². The number of ketones is 1. The summed E-state index contributed by atoms with van der Waals surface area (Å²) in [5.41, 5.74) is 1.83. The molecule has 2 saturated heterocycles. The van der Waals surface area contributed by atoms with Crippen LogP contribution in [0.15, 0.2) is 47.6 Å². The second-order valence-corrected chi connectivity index (χ2v) is 20.6. The molecule has 0 spiro atoms. The van der Waals surface area contributed by atoms with Crippen LogP contribution in [0.3, 0.4) is 0 Å². The van der Waals surface area contributed by atoms with Gasteiger partial charge < -0.3 is 64.3 Å². The minimum Gasteiger partial charge on any atom is -0.480 e. The minimum atomic E-state index is -2.39. The van der Waals surface area contributed by atoms with Gasteiger partial charge in [0.05, 0.1) is 30.5 Å². The van der Waals surface area contributed by atoms with Crippen molar-refractivity contribution in [1.29, 1.82) is 5.41 Å². The lowest BCUT2D eigenvalue weighted by atomic mass is 9.78. The molecule has 6 N–H and O–H groups in total. The lowest BCUT2D eigenvalue weighted by Gasteiger charge is -2.43. The van der Waals surface area contributed by atoms with Crippen molar-refractivity contribution >= 4 is 29.3 Å². The summed E-state index contributed by atoms with van der Waals surface area (Å²) >= 11 is 0. The van der Waals surface area contributed by atoms with Crippen LogP contribution < -0.4 is 0 Å². The molecular formula is C54H88N2O15. The summed E-state index contributed by atoms with van der Waals surface area (Å²) in [6.07, 6.45) is 13.4. The second-order valence-electron chi connectivity index (χ2n) is 20.6. The lowest BCUT2D eigenvalue weighted by molar-refractivity contribution is -0.265. The Morgan fingerprint density at radius 2 is 1.54 bits per heavy atom. The lowest BCUT2D eigenvalue weighted by Crippen LogP contribution is -2.61. The highest BCUT2D eigenvalue weighted by Crippen LogP contribution is 2.38. The number of ether oxygens (including phenoxy) is 6. The third-order valence-electron chi connectivity index (χ3n) is 15.1. The van der Waals surface area contributed by atoms with Gasteiger partial charge in [-0.05, 0) is 113 Å². The summed E-state index contributed by atoms with van der Waals surface area (Å²) in [7, 11) is 6.31. The Morgan fingerprint density at radius 3 is 2.15 bits per heavy atom. The highest BCUT2D eigenvalue weighted by atomic mass is 16.6. The number of nitrogens with one attached hydrogen (secondary N) is 1. The fraction of sp³-hybridized carbons (Fsp3) is 0.759. The van der Waals surface area contributed by atoms with E-state index in [1.54, 1.807) is 28.3 Å². The van der Waals surface area contributed by atoms with Gasteiger partial charge in [-0.15, -0.1) is 0 Å². The van der Waals surface area contributed by atoms with Gasteiger partial charge in [-0.3, -0.25) is 9.59 Å². The van der Waals surface area contributed by atoms with E-state index in [0.717, 1.165) is 12.0 Å². The molecule has 0 aromatic heterocycles. The Kier molecular flexibility index (Phi) is 26.0. The number of carboxylic acid groups (broad SMARTS) is 1. The van der Waals surface area contributed by atoms with Crippen molar-refractivity contribution in [2.24, 2.45) is 35.5 Å². The van der Waals surface area contributed by atoms with Gasteiger partial charge in [0.25, 0.3) is 11.7 Å². The molecule has 71 heavy (non-hydrogen) atoms. The number of hydrogen-bond donors (Lipinski definition) is 6. The topological polar surface area (TPSA) is 252 Å². The van der Waals surface area contributed by atoms with Gasteiger partial charge in [-0.1, -0.05) is 71.1 Å². The smallest absolute Gasteiger partial charge is 0.329 e. The summed E-state index contributed by atoms with van der Waals surface area (Å²) in [4.78, 5) is 53.5. The minimum absolute atomic E-state index is 0.127. The van der Waals surface area contributed by atoms with Crippen LogP contribution >= 0.6 is 0 Å². The zero-order valence-corrected chi connectivity index (χ0v) is 44.3. The summed E-state index contributed by atoms with van der Waals surface area (Å²) in [6, 6.07) is -1.06. The molecule has 0 unspecified atom stereocenters. The molecule has 3 aliphatic heterocycles. The van der Waals surface area contributed by atoms with Gasteiger partial charge in [-0.25, -0.2) is 9.59 Å². The van der Waals surface area contributed by atoms with Crippen molar-refractivity contribution in [2.75, 3.05) is 41.6 Å². The maximum Gasteiger partial charge on any atom is 0.329 e. The van der Waals surface area contributed by atoms with Gasteiger partial charge in [0.2, 0.25) is 5.79 Å². The number of rotatable bonds is 8. The zero-order chi connectivity index (χ0) is 53.2. The van der Waals surface area contributed by atoms with Gasteiger partial charge in [0.15, 0.2) is 0 Å². The van der Waals surface area contributed by atoms with Gasteiger partial charge >= 0.3 is 11.9 Å². The van der Waals surface area contributed by atoms with E-state index in [9.17, 15) is 29.7 Å². The SMILES string of the molecule is CO[C@H]1C[C@@H]2CC[C@@H](C)[C@@](O)(O2)C(=O)C(=O)N2CCCC[C@H]2C(=O)O[C@H]([C@H](C)C[C@@H]2CC[C@@H](O)[C@H](OC)C2)C[C@@H](OC)[C@H](C)/C=C(\C)[C@@H](O)[C@@H](OC)C(=N)[C@H](C)C[C@H](C)/C=C/C=C/C=C/1C.O=C(O)CO. The molecule has 17 heteroatoms. The number of piperidine rings is 1. The van der Waals surface area contributed by atoms with E-state index < -0.39 is 84.6 Å². The molecule has 0 radical (unpaired) electrons. The largest absolute Gasteiger partial charge is 0.480 e. The van der Waals surface area contributed by atoms with Crippen molar-refractivity contribution < 1.29 is 73.1 Å². The van der Waals surface area contributed by atoms with E-state index in [1.165, 1.54) is 12.0 Å². The standard InChI is InChI=1S/C52H84N2O12.C2H4O3/c1-31-17-13-12-14-18-32(2)42(61-8)29-39-22-20-37(7)52(60,66-39)49(57)50(58)54-24-16-15-19-40(54)51(59)65-44(34(4)27-38-21-23-41(55)45(28-38)63-10)30-43(62-9)33(3)26-36(6)47(56)48(64-11)46(53)35(5)25-31;3-1-2(4)5/h12-14,17-18,26,31,33-35,37-45,47-48,53,55-56,60H,15-16,19-25,27-30H2,1-11H3;3H,1H2,(H,4,5)/b14-12+,17-13+,32-18+,36-26+,53-46?;/t31-,33-,34-,35-,37-,38+,39+,40+,41-,42+,43-,44+,45-,47-,48+,52-;/m1./s1. The molecule has 1 saturated carbocycles. The van der Waals surface area contributed by atoms with Gasteiger partial charge in [-0.2, -0.15) is 0 Å². The third kappa shape index (κ3) is 17.8. The first-order valence-electron chi connectivity index (χ1n) is 25.6. The number of carbonyl (C=O) groups is 4. The Balaban J connectivity index is 0.00000253. The van der Waals surface area contributed by atoms with Crippen LogP contribution in [0, 0.1) is 40.9 Å². The molecule has 3 heterocycles. The van der Waals surface area contributed by atoms with Gasteiger partial charge in [0, 0.05) is 65.4 Å². The van der Waals surface area contributed by atoms with E-state index in [0.29, 0.717) is 69.1 Å². The van der Waals surface area contributed by atoms with Crippen LogP contribution in [-0.4, -0.2) is 162 Å². The first-order chi connectivity index (χ1) is 33.6. The number of esters is 1. The van der Waals surface area contributed by atoms with Crippen molar-refractivity contribution in [3.63, 3.8) is 0 Å². The predicted octanol–water partition coefficient (Wildman–Crippen LogP) is 6.14. The normalized spacial score (nSPS) is 38.7. The van der Waals surface area contributed by atoms with Crippen molar-refractivity contribution in [2.45, 2.75) is 186 Å². The number of nitrogens with zero attached hydrogens (tertiary/aromatic N) is 1.